The highest BCUT2D eigenvalue weighted by Gasteiger charge is 2.13. The lowest BCUT2D eigenvalue weighted by atomic mass is 10.2. The number of carboxylic acids is 1. The molecular formula is C14H16N4O3. The Hall–Kier alpha value is -2.70. The van der Waals surface area contributed by atoms with Gasteiger partial charge < -0.3 is 10.4 Å². The summed E-state index contributed by atoms with van der Waals surface area (Å²) in [6, 6.07) is 4.55. The van der Waals surface area contributed by atoms with Gasteiger partial charge >= 0.3 is 5.97 Å². The van der Waals surface area contributed by atoms with Crippen molar-refractivity contribution in [3.63, 3.8) is 0 Å². The van der Waals surface area contributed by atoms with Gasteiger partial charge in [-0.25, -0.2) is 4.79 Å². The lowest BCUT2D eigenvalue weighted by Gasteiger charge is -2.06. The summed E-state index contributed by atoms with van der Waals surface area (Å²) in [4.78, 5) is 27.0. The Kier molecular flexibility index (Phi) is 4.32. The molecule has 1 amide bonds. The van der Waals surface area contributed by atoms with Crippen LogP contribution in [0.2, 0.25) is 0 Å². The van der Waals surface area contributed by atoms with E-state index in [1.165, 1.54) is 18.3 Å². The van der Waals surface area contributed by atoms with Crippen molar-refractivity contribution >= 4 is 11.9 Å². The number of carboxylic acid groups (broad SMARTS) is 1. The van der Waals surface area contributed by atoms with E-state index in [1.807, 2.05) is 13.8 Å². The van der Waals surface area contributed by atoms with Crippen molar-refractivity contribution in [3.05, 3.63) is 47.0 Å². The fourth-order valence-corrected chi connectivity index (χ4v) is 1.94. The number of nitrogens with zero attached hydrogens (tertiary/aromatic N) is 3. The number of hydrogen-bond donors (Lipinski definition) is 2. The Balaban J connectivity index is 2.07. The number of hydrogen-bond acceptors (Lipinski definition) is 4. The van der Waals surface area contributed by atoms with Crippen LogP contribution in [0.15, 0.2) is 24.4 Å². The van der Waals surface area contributed by atoms with Gasteiger partial charge in [-0.05, 0) is 32.0 Å². The van der Waals surface area contributed by atoms with Crippen molar-refractivity contribution < 1.29 is 14.7 Å². The van der Waals surface area contributed by atoms with E-state index < -0.39 is 5.97 Å². The molecule has 0 bridgehead atoms. The van der Waals surface area contributed by atoms with E-state index in [4.69, 9.17) is 5.11 Å². The highest BCUT2D eigenvalue weighted by molar-refractivity contribution is 5.92. The highest BCUT2D eigenvalue weighted by Crippen LogP contribution is 2.05. The van der Waals surface area contributed by atoms with Crippen LogP contribution in [0.3, 0.4) is 0 Å². The molecule has 0 fully saturated rings. The van der Waals surface area contributed by atoms with Gasteiger partial charge in [-0.3, -0.25) is 14.5 Å². The van der Waals surface area contributed by atoms with Crippen LogP contribution < -0.4 is 5.32 Å². The number of aromatic nitrogens is 3. The molecule has 0 aromatic carbocycles. The van der Waals surface area contributed by atoms with Crippen molar-refractivity contribution in [2.24, 2.45) is 0 Å². The molecule has 0 unspecified atom stereocenters. The zero-order chi connectivity index (χ0) is 15.4. The maximum atomic E-state index is 12.1. The lowest BCUT2D eigenvalue weighted by Crippen LogP contribution is -2.26. The third-order valence-electron chi connectivity index (χ3n) is 2.93. The molecule has 0 atom stereocenters. The molecule has 110 valence electrons. The Morgan fingerprint density at radius 3 is 2.81 bits per heavy atom. The fourth-order valence-electron chi connectivity index (χ4n) is 1.94. The largest absolute Gasteiger partial charge is 0.478 e. The smallest absolute Gasteiger partial charge is 0.335 e. The number of aryl methyl sites for hydroxylation is 2. The van der Waals surface area contributed by atoms with Crippen LogP contribution in [0.4, 0.5) is 0 Å². The predicted molar refractivity (Wildman–Crippen MR) is 75.0 cm³/mol. The molecule has 0 radical (unpaired) electrons. The summed E-state index contributed by atoms with van der Waals surface area (Å²) in [5, 5.41) is 15.8. The second kappa shape index (κ2) is 6.17. The standard InChI is InChI=1S/C14H16N4O3/c1-3-18-12(6-9(2)17-18)13(19)16-8-11-7-10(14(20)21)4-5-15-11/h4-7H,3,8H2,1-2H3,(H,16,19)(H,20,21). The van der Waals surface area contributed by atoms with E-state index in [1.54, 1.807) is 10.7 Å². The van der Waals surface area contributed by atoms with E-state index in [0.29, 0.717) is 17.9 Å². The van der Waals surface area contributed by atoms with Crippen LogP contribution in [0.5, 0.6) is 0 Å². The van der Waals surface area contributed by atoms with Gasteiger partial charge in [0.25, 0.3) is 5.91 Å². The van der Waals surface area contributed by atoms with Crippen LogP contribution >= 0.6 is 0 Å². The van der Waals surface area contributed by atoms with Crippen LogP contribution in [0.1, 0.15) is 39.2 Å². The van der Waals surface area contributed by atoms with Crippen molar-refractivity contribution in [1.82, 2.24) is 20.1 Å². The zero-order valence-corrected chi connectivity index (χ0v) is 11.8. The summed E-state index contributed by atoms with van der Waals surface area (Å²) in [6.45, 7) is 4.49. The van der Waals surface area contributed by atoms with Crippen molar-refractivity contribution in [2.75, 3.05) is 0 Å². The van der Waals surface area contributed by atoms with E-state index >= 15 is 0 Å². The topological polar surface area (TPSA) is 97.1 Å². The lowest BCUT2D eigenvalue weighted by molar-refractivity contribution is 0.0696. The summed E-state index contributed by atoms with van der Waals surface area (Å²) in [5.41, 5.74) is 1.88. The first-order chi connectivity index (χ1) is 10.0. The quantitative estimate of drug-likeness (QED) is 0.862. The molecular weight excluding hydrogens is 272 g/mol. The molecule has 7 heteroatoms. The average Bonchev–Trinajstić information content (AvgIpc) is 2.86. The number of aromatic carboxylic acids is 1. The summed E-state index contributed by atoms with van der Waals surface area (Å²) in [5.74, 6) is -1.29. The van der Waals surface area contributed by atoms with Crippen LogP contribution in [0.25, 0.3) is 0 Å². The summed E-state index contributed by atoms with van der Waals surface area (Å²) in [7, 11) is 0. The number of carbonyl (C=O) groups excluding carboxylic acids is 1. The SMILES string of the molecule is CCn1nc(C)cc1C(=O)NCc1cc(C(=O)O)ccn1. The molecule has 7 nitrogen and oxygen atoms in total. The summed E-state index contributed by atoms with van der Waals surface area (Å²) in [6.07, 6.45) is 1.41. The molecule has 21 heavy (non-hydrogen) atoms. The van der Waals surface area contributed by atoms with E-state index in [0.717, 1.165) is 5.69 Å². The minimum Gasteiger partial charge on any atom is -0.478 e. The molecule has 0 aliphatic carbocycles. The molecule has 2 aromatic heterocycles. The Morgan fingerprint density at radius 1 is 1.38 bits per heavy atom. The molecule has 2 heterocycles. The summed E-state index contributed by atoms with van der Waals surface area (Å²) < 4.78 is 1.62. The second-order valence-corrected chi connectivity index (χ2v) is 4.51. The number of amides is 1. The maximum absolute atomic E-state index is 12.1. The third-order valence-corrected chi connectivity index (χ3v) is 2.93. The highest BCUT2D eigenvalue weighted by atomic mass is 16.4. The zero-order valence-electron chi connectivity index (χ0n) is 11.8. The average molecular weight is 288 g/mol. The Morgan fingerprint density at radius 2 is 2.14 bits per heavy atom. The minimum absolute atomic E-state index is 0.142. The fraction of sp³-hybridized carbons (Fsp3) is 0.286. The van der Waals surface area contributed by atoms with E-state index in [2.05, 4.69) is 15.4 Å². The Labute approximate surface area is 121 Å². The molecule has 0 aliphatic heterocycles. The first-order valence-corrected chi connectivity index (χ1v) is 6.52. The van der Waals surface area contributed by atoms with E-state index in [-0.39, 0.29) is 18.0 Å². The molecule has 2 aromatic rings. The summed E-state index contributed by atoms with van der Waals surface area (Å²) >= 11 is 0. The van der Waals surface area contributed by atoms with Gasteiger partial charge in [0.05, 0.1) is 23.5 Å². The molecule has 2 rings (SSSR count). The molecule has 0 saturated heterocycles. The third kappa shape index (κ3) is 3.44. The number of pyridine rings is 1. The van der Waals surface area contributed by atoms with Crippen LogP contribution in [0, 0.1) is 6.92 Å². The van der Waals surface area contributed by atoms with Gasteiger partial charge in [-0.2, -0.15) is 5.10 Å². The molecule has 0 saturated carbocycles. The predicted octanol–water partition coefficient (Wildman–Crippen LogP) is 1.23. The van der Waals surface area contributed by atoms with Gasteiger partial charge in [0.1, 0.15) is 5.69 Å². The first kappa shape index (κ1) is 14.7. The molecule has 0 aliphatic rings. The minimum atomic E-state index is -1.02. The number of rotatable bonds is 5. The van der Waals surface area contributed by atoms with Gasteiger partial charge in [0.15, 0.2) is 0 Å². The van der Waals surface area contributed by atoms with Gasteiger partial charge in [0.2, 0.25) is 0 Å². The van der Waals surface area contributed by atoms with Crippen molar-refractivity contribution in [1.29, 1.82) is 0 Å². The molecule has 2 N–H and O–H groups in total. The van der Waals surface area contributed by atoms with E-state index in [9.17, 15) is 9.59 Å². The van der Waals surface area contributed by atoms with Gasteiger partial charge in [-0.15, -0.1) is 0 Å². The van der Waals surface area contributed by atoms with Gasteiger partial charge in [0, 0.05) is 12.7 Å². The van der Waals surface area contributed by atoms with Crippen molar-refractivity contribution in [2.45, 2.75) is 26.9 Å². The van der Waals surface area contributed by atoms with Gasteiger partial charge in [-0.1, -0.05) is 0 Å². The van der Waals surface area contributed by atoms with Crippen LogP contribution in [-0.2, 0) is 13.1 Å². The van der Waals surface area contributed by atoms with Crippen LogP contribution in [-0.4, -0.2) is 31.7 Å². The Bertz CT molecular complexity index is 679. The normalized spacial score (nSPS) is 10.4. The molecule has 0 spiro atoms. The monoisotopic (exact) mass is 288 g/mol. The maximum Gasteiger partial charge on any atom is 0.335 e. The number of carbonyl (C=O) groups is 2. The second-order valence-electron chi connectivity index (χ2n) is 4.51. The first-order valence-electron chi connectivity index (χ1n) is 6.52. The van der Waals surface area contributed by atoms with Crippen molar-refractivity contribution in [3.8, 4) is 0 Å². The number of nitrogens with one attached hydrogen (secondary N) is 1.